The third-order valence-corrected chi connectivity index (χ3v) is 3.99. The summed E-state index contributed by atoms with van der Waals surface area (Å²) in [6.45, 7) is 4.71. The number of hydrogen-bond donors (Lipinski definition) is 1. The monoisotopic (exact) mass is 267 g/mol. The van der Waals surface area contributed by atoms with Gasteiger partial charge in [-0.05, 0) is 31.9 Å². The number of rotatable bonds is 3. The maximum atomic E-state index is 12.0. The summed E-state index contributed by atoms with van der Waals surface area (Å²) in [5, 5.41) is 3.69. The molecule has 98 valence electrons. The summed E-state index contributed by atoms with van der Waals surface area (Å²) < 4.78 is 5.50. The van der Waals surface area contributed by atoms with E-state index in [2.05, 4.69) is 5.32 Å². The van der Waals surface area contributed by atoms with E-state index in [4.69, 9.17) is 16.3 Å². The van der Waals surface area contributed by atoms with Gasteiger partial charge in [-0.15, -0.1) is 0 Å². The highest BCUT2D eigenvalue weighted by Gasteiger charge is 2.38. The summed E-state index contributed by atoms with van der Waals surface area (Å²) in [5.41, 5.74) is 0.588. The first-order valence-electron chi connectivity index (χ1n) is 6.17. The molecule has 4 heteroatoms. The second kappa shape index (κ2) is 5.29. The second-order valence-electron chi connectivity index (χ2n) is 5.00. The largest absolute Gasteiger partial charge is 0.376 e. The van der Waals surface area contributed by atoms with Gasteiger partial charge >= 0.3 is 0 Å². The van der Waals surface area contributed by atoms with Crippen LogP contribution in [0.5, 0.6) is 0 Å². The van der Waals surface area contributed by atoms with Crippen LogP contribution in [0.1, 0.15) is 25.8 Å². The first-order valence-corrected chi connectivity index (χ1v) is 6.55. The molecule has 1 saturated heterocycles. The van der Waals surface area contributed by atoms with Crippen molar-refractivity contribution < 1.29 is 9.53 Å². The number of benzene rings is 1. The Morgan fingerprint density at radius 2 is 2.28 bits per heavy atom. The summed E-state index contributed by atoms with van der Waals surface area (Å²) in [6, 6.07) is 7.42. The van der Waals surface area contributed by atoms with Crippen molar-refractivity contribution in [2.75, 3.05) is 6.61 Å². The van der Waals surface area contributed by atoms with E-state index in [-0.39, 0.29) is 17.6 Å². The minimum atomic E-state index is -0.266. The Morgan fingerprint density at radius 1 is 1.56 bits per heavy atom. The Hall–Kier alpha value is -1.06. The number of carbonyl (C=O) groups is 1. The summed E-state index contributed by atoms with van der Waals surface area (Å²) >= 11 is 6.04. The SMILES string of the molecule is CC1OCCC1(C)NC(=O)Cc1ccccc1Cl. The molecule has 0 bridgehead atoms. The lowest BCUT2D eigenvalue weighted by molar-refractivity contribution is -0.122. The number of amides is 1. The van der Waals surface area contributed by atoms with Crippen molar-refractivity contribution in [1.82, 2.24) is 5.32 Å². The van der Waals surface area contributed by atoms with E-state index in [1.165, 1.54) is 0 Å². The molecule has 0 aromatic heterocycles. The molecule has 1 heterocycles. The second-order valence-corrected chi connectivity index (χ2v) is 5.40. The van der Waals surface area contributed by atoms with Gasteiger partial charge in [0.2, 0.25) is 5.91 Å². The molecule has 3 nitrogen and oxygen atoms in total. The van der Waals surface area contributed by atoms with Gasteiger partial charge in [-0.1, -0.05) is 29.8 Å². The van der Waals surface area contributed by atoms with E-state index >= 15 is 0 Å². The highest BCUT2D eigenvalue weighted by Crippen LogP contribution is 2.25. The fourth-order valence-corrected chi connectivity index (χ4v) is 2.38. The summed E-state index contributed by atoms with van der Waals surface area (Å²) in [6.07, 6.45) is 1.21. The maximum absolute atomic E-state index is 12.0. The molecule has 1 amide bonds. The fraction of sp³-hybridized carbons (Fsp3) is 0.500. The van der Waals surface area contributed by atoms with Crippen LogP contribution >= 0.6 is 11.6 Å². The molecule has 1 aliphatic heterocycles. The van der Waals surface area contributed by atoms with Crippen LogP contribution in [-0.4, -0.2) is 24.2 Å². The van der Waals surface area contributed by atoms with E-state index in [0.717, 1.165) is 12.0 Å². The van der Waals surface area contributed by atoms with Crippen molar-refractivity contribution >= 4 is 17.5 Å². The van der Waals surface area contributed by atoms with Gasteiger partial charge < -0.3 is 10.1 Å². The number of ether oxygens (including phenoxy) is 1. The summed E-state index contributed by atoms with van der Waals surface area (Å²) in [7, 11) is 0. The van der Waals surface area contributed by atoms with Crippen molar-refractivity contribution in [3.8, 4) is 0 Å². The van der Waals surface area contributed by atoms with Gasteiger partial charge in [0, 0.05) is 11.6 Å². The molecular formula is C14H18ClNO2. The maximum Gasteiger partial charge on any atom is 0.224 e. The molecule has 2 atom stereocenters. The smallest absolute Gasteiger partial charge is 0.224 e. The van der Waals surface area contributed by atoms with Gasteiger partial charge in [-0.3, -0.25) is 4.79 Å². The topological polar surface area (TPSA) is 38.3 Å². The van der Waals surface area contributed by atoms with Crippen LogP contribution in [-0.2, 0) is 16.0 Å². The van der Waals surface area contributed by atoms with Gasteiger partial charge in [-0.25, -0.2) is 0 Å². The molecule has 0 aliphatic carbocycles. The van der Waals surface area contributed by atoms with Crippen molar-refractivity contribution in [2.45, 2.75) is 38.3 Å². The predicted molar refractivity (Wildman–Crippen MR) is 71.7 cm³/mol. The fourth-order valence-electron chi connectivity index (χ4n) is 2.18. The third kappa shape index (κ3) is 2.85. The molecule has 0 radical (unpaired) electrons. The highest BCUT2D eigenvalue weighted by atomic mass is 35.5. The Labute approximate surface area is 112 Å². The molecular weight excluding hydrogens is 250 g/mol. The van der Waals surface area contributed by atoms with Gasteiger partial charge in [0.1, 0.15) is 0 Å². The van der Waals surface area contributed by atoms with E-state index < -0.39 is 0 Å². The number of hydrogen-bond acceptors (Lipinski definition) is 2. The van der Waals surface area contributed by atoms with Crippen molar-refractivity contribution in [2.24, 2.45) is 0 Å². The van der Waals surface area contributed by atoms with E-state index in [1.807, 2.05) is 32.0 Å². The zero-order valence-corrected chi connectivity index (χ0v) is 11.5. The molecule has 0 spiro atoms. The van der Waals surface area contributed by atoms with Gasteiger partial charge in [0.05, 0.1) is 18.1 Å². The normalized spacial score (nSPS) is 27.2. The summed E-state index contributed by atoms with van der Waals surface area (Å²) in [5.74, 6) is -0.0112. The van der Waals surface area contributed by atoms with E-state index in [9.17, 15) is 4.79 Å². The first kappa shape index (κ1) is 13.4. The predicted octanol–water partition coefficient (Wildman–Crippen LogP) is 2.57. The van der Waals surface area contributed by atoms with Crippen molar-refractivity contribution in [3.05, 3.63) is 34.9 Å². The standard InChI is InChI=1S/C14H18ClNO2/c1-10-14(2,7-8-18-10)16-13(17)9-11-5-3-4-6-12(11)15/h3-6,10H,7-9H2,1-2H3,(H,16,17). The Balaban J connectivity index is 1.99. The molecule has 1 fully saturated rings. The lowest BCUT2D eigenvalue weighted by atomic mass is 9.94. The number of carbonyl (C=O) groups excluding carboxylic acids is 1. The molecule has 1 aliphatic rings. The Kier molecular flexibility index (Phi) is 3.93. The van der Waals surface area contributed by atoms with Crippen LogP contribution in [0.4, 0.5) is 0 Å². The molecule has 2 unspecified atom stereocenters. The van der Waals surface area contributed by atoms with Crippen LogP contribution in [0.2, 0.25) is 5.02 Å². The van der Waals surface area contributed by atoms with Crippen LogP contribution in [0, 0.1) is 0 Å². The average molecular weight is 268 g/mol. The Bertz CT molecular complexity index is 449. The van der Waals surface area contributed by atoms with Crippen LogP contribution in [0.3, 0.4) is 0 Å². The molecule has 0 saturated carbocycles. The van der Waals surface area contributed by atoms with Crippen LogP contribution in [0.15, 0.2) is 24.3 Å². The molecule has 1 aromatic rings. The zero-order chi connectivity index (χ0) is 13.2. The molecule has 2 rings (SSSR count). The minimum Gasteiger partial charge on any atom is -0.376 e. The van der Waals surface area contributed by atoms with Crippen LogP contribution < -0.4 is 5.32 Å². The van der Waals surface area contributed by atoms with Crippen molar-refractivity contribution in [3.63, 3.8) is 0 Å². The summed E-state index contributed by atoms with van der Waals surface area (Å²) in [4.78, 5) is 12.0. The van der Waals surface area contributed by atoms with Gasteiger partial charge in [0.25, 0.3) is 0 Å². The Morgan fingerprint density at radius 3 is 2.89 bits per heavy atom. The van der Waals surface area contributed by atoms with Crippen LogP contribution in [0.25, 0.3) is 0 Å². The zero-order valence-electron chi connectivity index (χ0n) is 10.7. The molecule has 1 N–H and O–H groups in total. The highest BCUT2D eigenvalue weighted by molar-refractivity contribution is 6.31. The lowest BCUT2D eigenvalue weighted by Gasteiger charge is -2.29. The van der Waals surface area contributed by atoms with E-state index in [0.29, 0.717) is 18.1 Å². The minimum absolute atomic E-state index is 0.0112. The quantitative estimate of drug-likeness (QED) is 0.914. The first-order chi connectivity index (χ1) is 8.51. The number of nitrogens with one attached hydrogen (secondary N) is 1. The van der Waals surface area contributed by atoms with E-state index in [1.54, 1.807) is 6.07 Å². The average Bonchev–Trinajstić information content (AvgIpc) is 2.62. The number of halogens is 1. The van der Waals surface area contributed by atoms with Gasteiger partial charge in [-0.2, -0.15) is 0 Å². The van der Waals surface area contributed by atoms with Crippen molar-refractivity contribution in [1.29, 1.82) is 0 Å². The van der Waals surface area contributed by atoms with Gasteiger partial charge in [0.15, 0.2) is 0 Å². The molecule has 1 aromatic carbocycles. The lowest BCUT2D eigenvalue weighted by Crippen LogP contribution is -2.51. The third-order valence-electron chi connectivity index (χ3n) is 3.62. The molecule has 18 heavy (non-hydrogen) atoms.